The van der Waals surface area contributed by atoms with Crippen LogP contribution in [-0.4, -0.2) is 41.8 Å². The predicted octanol–water partition coefficient (Wildman–Crippen LogP) is 3.37. The molecule has 1 fully saturated rings. The van der Waals surface area contributed by atoms with Crippen molar-refractivity contribution in [2.45, 2.75) is 24.5 Å². The van der Waals surface area contributed by atoms with E-state index in [2.05, 4.69) is 27.6 Å². The molecule has 3 aromatic rings. The highest BCUT2D eigenvalue weighted by Gasteiger charge is 2.29. The number of para-hydroxylation sites is 1. The second-order valence-corrected chi connectivity index (χ2v) is 10.7. The van der Waals surface area contributed by atoms with Crippen molar-refractivity contribution in [3.63, 3.8) is 0 Å². The average molecular weight is 458 g/mol. The number of amides is 1. The van der Waals surface area contributed by atoms with Crippen LogP contribution in [0.25, 0.3) is 0 Å². The van der Waals surface area contributed by atoms with Crippen LogP contribution in [0, 0.1) is 5.92 Å². The standard InChI is InChI=1S/C22H23N3O4S2/c26-20(23-19-9-5-4-8-18(19)12-16-6-2-1-3-7-16)14-30-22-25-24-21(29-22)13-17-10-11-31(27,28)15-17/h1-9,17H,10-15H2,(H,23,26)/t17-/m1/s1. The molecule has 0 radical (unpaired) electrons. The third-order valence-electron chi connectivity index (χ3n) is 5.09. The van der Waals surface area contributed by atoms with E-state index in [4.69, 9.17) is 4.42 Å². The Morgan fingerprint density at radius 3 is 2.65 bits per heavy atom. The summed E-state index contributed by atoms with van der Waals surface area (Å²) in [7, 11) is -2.93. The van der Waals surface area contributed by atoms with E-state index in [0.29, 0.717) is 24.0 Å². The fraction of sp³-hybridized carbons (Fsp3) is 0.318. The van der Waals surface area contributed by atoms with E-state index in [0.717, 1.165) is 17.7 Å². The number of thioether (sulfide) groups is 1. The van der Waals surface area contributed by atoms with E-state index in [1.807, 2.05) is 42.5 Å². The van der Waals surface area contributed by atoms with E-state index in [1.54, 1.807) is 0 Å². The lowest BCUT2D eigenvalue weighted by atomic mass is 10.0. The number of carbonyl (C=O) groups excluding carboxylic acids is 1. The molecular weight excluding hydrogens is 434 g/mol. The van der Waals surface area contributed by atoms with Crippen LogP contribution in [0.15, 0.2) is 64.2 Å². The highest BCUT2D eigenvalue weighted by molar-refractivity contribution is 7.99. The molecule has 0 bridgehead atoms. The van der Waals surface area contributed by atoms with Crippen LogP contribution in [0.2, 0.25) is 0 Å². The molecule has 31 heavy (non-hydrogen) atoms. The number of aromatic nitrogens is 2. The Bertz CT molecular complexity index is 1150. The average Bonchev–Trinajstić information content (AvgIpc) is 3.34. The van der Waals surface area contributed by atoms with Gasteiger partial charge >= 0.3 is 0 Å². The third kappa shape index (κ3) is 6.18. The summed E-state index contributed by atoms with van der Waals surface area (Å²) >= 11 is 1.17. The molecule has 1 aromatic heterocycles. The van der Waals surface area contributed by atoms with Crippen LogP contribution in [0.1, 0.15) is 23.4 Å². The Morgan fingerprint density at radius 1 is 1.10 bits per heavy atom. The van der Waals surface area contributed by atoms with Crippen molar-refractivity contribution in [2.24, 2.45) is 5.92 Å². The van der Waals surface area contributed by atoms with Crippen molar-refractivity contribution in [3.8, 4) is 0 Å². The van der Waals surface area contributed by atoms with Gasteiger partial charge in [-0.1, -0.05) is 60.3 Å². The van der Waals surface area contributed by atoms with E-state index < -0.39 is 9.84 Å². The van der Waals surface area contributed by atoms with Crippen molar-refractivity contribution in [3.05, 3.63) is 71.6 Å². The summed E-state index contributed by atoms with van der Waals surface area (Å²) in [5.74, 6) is 0.805. The maximum Gasteiger partial charge on any atom is 0.277 e. The van der Waals surface area contributed by atoms with E-state index >= 15 is 0 Å². The fourth-order valence-corrected chi connectivity index (χ4v) is 6.03. The first kappa shape index (κ1) is 21.6. The molecule has 0 saturated carbocycles. The zero-order chi connectivity index (χ0) is 21.7. The molecule has 1 aliphatic rings. The van der Waals surface area contributed by atoms with Gasteiger partial charge in [0.15, 0.2) is 9.84 Å². The minimum atomic E-state index is -2.93. The number of hydrogen-bond acceptors (Lipinski definition) is 7. The first-order chi connectivity index (χ1) is 15.0. The van der Waals surface area contributed by atoms with E-state index in [9.17, 15) is 13.2 Å². The number of sulfone groups is 1. The SMILES string of the molecule is O=C(CSc1nnc(C[C@H]2CCS(=O)(=O)C2)o1)Nc1ccccc1Cc1ccccc1. The molecule has 1 aliphatic heterocycles. The Labute approximate surface area is 185 Å². The maximum absolute atomic E-state index is 12.5. The van der Waals surface area contributed by atoms with Gasteiger partial charge in [-0.15, -0.1) is 10.2 Å². The van der Waals surface area contributed by atoms with Crippen LogP contribution in [0.4, 0.5) is 5.69 Å². The fourth-order valence-electron chi connectivity index (χ4n) is 3.58. The number of rotatable bonds is 8. The summed E-state index contributed by atoms with van der Waals surface area (Å²) in [6, 6.07) is 17.8. The Balaban J connectivity index is 1.30. The third-order valence-corrected chi connectivity index (χ3v) is 7.75. The lowest BCUT2D eigenvalue weighted by Crippen LogP contribution is -2.15. The number of nitrogens with zero attached hydrogens (tertiary/aromatic N) is 2. The molecule has 7 nitrogen and oxygen atoms in total. The smallest absolute Gasteiger partial charge is 0.277 e. The first-order valence-electron chi connectivity index (χ1n) is 10.0. The quantitative estimate of drug-likeness (QED) is 0.517. The molecule has 2 heterocycles. The molecule has 0 spiro atoms. The van der Waals surface area contributed by atoms with Crippen LogP contribution in [-0.2, 0) is 27.5 Å². The van der Waals surface area contributed by atoms with Gasteiger partial charge in [-0.05, 0) is 36.0 Å². The summed E-state index contributed by atoms with van der Waals surface area (Å²) in [5.41, 5.74) is 3.00. The van der Waals surface area contributed by atoms with Gasteiger partial charge < -0.3 is 9.73 Å². The predicted molar refractivity (Wildman–Crippen MR) is 120 cm³/mol. The number of benzene rings is 2. The molecule has 1 saturated heterocycles. The van der Waals surface area contributed by atoms with Gasteiger partial charge in [-0.3, -0.25) is 4.79 Å². The molecule has 0 unspecified atom stereocenters. The molecule has 1 N–H and O–H groups in total. The van der Waals surface area contributed by atoms with Crippen molar-refractivity contribution in [1.29, 1.82) is 0 Å². The molecule has 9 heteroatoms. The lowest BCUT2D eigenvalue weighted by Gasteiger charge is -2.11. The summed E-state index contributed by atoms with van der Waals surface area (Å²) in [6.45, 7) is 0. The summed E-state index contributed by atoms with van der Waals surface area (Å²) in [6.07, 6.45) is 1.80. The topological polar surface area (TPSA) is 102 Å². The van der Waals surface area contributed by atoms with E-state index in [1.165, 1.54) is 17.3 Å². The van der Waals surface area contributed by atoms with Gasteiger partial charge in [0, 0.05) is 12.1 Å². The normalized spacial score (nSPS) is 17.5. The zero-order valence-electron chi connectivity index (χ0n) is 16.9. The minimum Gasteiger partial charge on any atom is -0.416 e. The number of hydrogen-bond donors (Lipinski definition) is 1. The van der Waals surface area contributed by atoms with Crippen molar-refractivity contribution in [1.82, 2.24) is 10.2 Å². The number of nitrogens with one attached hydrogen (secondary N) is 1. The van der Waals surface area contributed by atoms with Gasteiger partial charge in [-0.2, -0.15) is 0 Å². The Kier molecular flexibility index (Phi) is 6.72. The number of carbonyl (C=O) groups is 1. The summed E-state index contributed by atoms with van der Waals surface area (Å²) in [4.78, 5) is 12.5. The highest BCUT2D eigenvalue weighted by Crippen LogP contribution is 2.24. The number of anilines is 1. The van der Waals surface area contributed by atoms with Gasteiger partial charge in [0.05, 0.1) is 17.3 Å². The Hall–Kier alpha value is -2.65. The monoisotopic (exact) mass is 457 g/mol. The van der Waals surface area contributed by atoms with Crippen LogP contribution in [0.3, 0.4) is 0 Å². The van der Waals surface area contributed by atoms with Gasteiger partial charge in [-0.25, -0.2) is 8.42 Å². The van der Waals surface area contributed by atoms with Gasteiger partial charge in [0.2, 0.25) is 11.8 Å². The molecule has 0 aliphatic carbocycles. The van der Waals surface area contributed by atoms with E-state index in [-0.39, 0.29) is 29.1 Å². The molecule has 1 atom stereocenters. The summed E-state index contributed by atoms with van der Waals surface area (Å²) in [5, 5.41) is 11.2. The van der Waals surface area contributed by atoms with Gasteiger partial charge in [0.1, 0.15) is 0 Å². The lowest BCUT2D eigenvalue weighted by molar-refractivity contribution is -0.113. The van der Waals surface area contributed by atoms with Crippen LogP contribution < -0.4 is 5.32 Å². The minimum absolute atomic E-state index is 0.0210. The molecule has 162 valence electrons. The zero-order valence-corrected chi connectivity index (χ0v) is 18.5. The second kappa shape index (κ2) is 9.65. The maximum atomic E-state index is 12.5. The molecule has 4 rings (SSSR count). The Morgan fingerprint density at radius 2 is 1.87 bits per heavy atom. The van der Waals surface area contributed by atoms with Crippen LogP contribution in [0.5, 0.6) is 0 Å². The highest BCUT2D eigenvalue weighted by atomic mass is 32.2. The molecular formula is C22H23N3O4S2. The van der Waals surface area contributed by atoms with Crippen molar-refractivity contribution in [2.75, 3.05) is 22.6 Å². The van der Waals surface area contributed by atoms with Crippen molar-refractivity contribution < 1.29 is 17.6 Å². The second-order valence-electron chi connectivity index (χ2n) is 7.59. The largest absolute Gasteiger partial charge is 0.416 e. The molecule has 1 amide bonds. The molecule has 2 aromatic carbocycles. The first-order valence-corrected chi connectivity index (χ1v) is 12.8. The van der Waals surface area contributed by atoms with Gasteiger partial charge in [0.25, 0.3) is 5.22 Å². The summed E-state index contributed by atoms with van der Waals surface area (Å²) < 4.78 is 28.7. The van der Waals surface area contributed by atoms with Crippen LogP contribution >= 0.6 is 11.8 Å². The van der Waals surface area contributed by atoms with Crippen molar-refractivity contribution >= 4 is 33.2 Å².